The van der Waals surface area contributed by atoms with E-state index < -0.39 is 0 Å². The second-order valence-electron chi connectivity index (χ2n) is 13.0. The zero-order valence-electron chi connectivity index (χ0n) is 20.6. The summed E-state index contributed by atoms with van der Waals surface area (Å²) in [4.78, 5) is 13.3. The molecule has 0 aromatic heterocycles. The Labute approximate surface area is 186 Å². The topological polar surface area (TPSA) is 37.3 Å². The van der Waals surface area contributed by atoms with Crippen LogP contribution < -0.4 is 0 Å². The number of carbonyl (C=O) groups excluding carboxylic acids is 1. The van der Waals surface area contributed by atoms with Crippen molar-refractivity contribution in [3.8, 4) is 0 Å². The number of hydrogen-bond donors (Lipinski definition) is 1. The first-order valence-electron chi connectivity index (χ1n) is 13.3. The highest BCUT2D eigenvalue weighted by atomic mass is 16.3. The van der Waals surface area contributed by atoms with Crippen LogP contribution in [0.3, 0.4) is 0 Å². The average Bonchev–Trinajstić information content (AvgIpc) is 3.04. The number of carbonyl (C=O) groups is 1. The van der Waals surface area contributed by atoms with Gasteiger partial charge in [0.1, 0.15) is 5.78 Å². The average molecular weight is 417 g/mol. The van der Waals surface area contributed by atoms with Gasteiger partial charge < -0.3 is 5.11 Å². The van der Waals surface area contributed by atoms with E-state index in [4.69, 9.17) is 0 Å². The molecule has 172 valence electrons. The maximum Gasteiger partial charge on any atom is 0.136 e. The lowest BCUT2D eigenvalue weighted by Gasteiger charge is -2.60. The van der Waals surface area contributed by atoms with Gasteiger partial charge in [-0.15, -0.1) is 0 Å². The van der Waals surface area contributed by atoms with Crippen molar-refractivity contribution >= 4 is 5.78 Å². The molecule has 0 heterocycles. The van der Waals surface area contributed by atoms with Gasteiger partial charge in [0.05, 0.1) is 6.10 Å². The number of hydrogen-bond acceptors (Lipinski definition) is 2. The van der Waals surface area contributed by atoms with Crippen molar-refractivity contribution in [3.05, 3.63) is 0 Å². The van der Waals surface area contributed by atoms with Crippen LogP contribution >= 0.6 is 0 Å². The molecular formula is C28H48O2. The van der Waals surface area contributed by atoms with Crippen LogP contribution in [0.15, 0.2) is 0 Å². The number of ketones is 1. The second kappa shape index (κ2) is 8.20. The molecule has 0 bridgehead atoms. The van der Waals surface area contributed by atoms with Gasteiger partial charge in [-0.25, -0.2) is 0 Å². The van der Waals surface area contributed by atoms with Crippen LogP contribution in [0.1, 0.15) is 106 Å². The number of fused-ring (bicyclic) bond motifs is 5. The van der Waals surface area contributed by atoms with Gasteiger partial charge in [-0.05, 0) is 97.2 Å². The quantitative estimate of drug-likeness (QED) is 0.529. The van der Waals surface area contributed by atoms with Crippen LogP contribution in [0.4, 0.5) is 0 Å². The van der Waals surface area contributed by atoms with Gasteiger partial charge in [0, 0.05) is 12.3 Å². The van der Waals surface area contributed by atoms with E-state index in [1.807, 2.05) is 0 Å². The molecule has 0 spiro atoms. The van der Waals surface area contributed by atoms with E-state index in [2.05, 4.69) is 41.5 Å². The van der Waals surface area contributed by atoms with Gasteiger partial charge in [0.25, 0.3) is 0 Å². The lowest BCUT2D eigenvalue weighted by molar-refractivity contribution is -0.160. The third kappa shape index (κ3) is 3.61. The van der Waals surface area contributed by atoms with Gasteiger partial charge in [-0.1, -0.05) is 54.4 Å². The summed E-state index contributed by atoms with van der Waals surface area (Å²) in [5.41, 5.74) is 0.594. The fourth-order valence-corrected chi connectivity index (χ4v) is 9.06. The zero-order valence-corrected chi connectivity index (χ0v) is 20.6. The van der Waals surface area contributed by atoms with E-state index in [1.54, 1.807) is 0 Å². The highest BCUT2D eigenvalue weighted by Gasteiger charge is 2.62. The lowest BCUT2D eigenvalue weighted by atomic mass is 9.44. The first kappa shape index (κ1) is 22.8. The van der Waals surface area contributed by atoms with Gasteiger partial charge in [-0.2, -0.15) is 0 Å². The molecule has 0 saturated heterocycles. The highest BCUT2D eigenvalue weighted by Crippen LogP contribution is 2.67. The predicted octanol–water partition coefficient (Wildman–Crippen LogP) is 6.89. The Morgan fingerprint density at radius 1 is 0.933 bits per heavy atom. The summed E-state index contributed by atoms with van der Waals surface area (Å²) in [5, 5.41) is 10.2. The largest absolute Gasteiger partial charge is 0.393 e. The second-order valence-corrected chi connectivity index (χ2v) is 13.0. The molecule has 4 aliphatic rings. The predicted molar refractivity (Wildman–Crippen MR) is 124 cm³/mol. The van der Waals surface area contributed by atoms with E-state index in [0.29, 0.717) is 23.0 Å². The molecule has 0 aromatic rings. The first-order valence-corrected chi connectivity index (χ1v) is 13.3. The lowest BCUT2D eigenvalue weighted by Crippen LogP contribution is -2.57. The van der Waals surface area contributed by atoms with Gasteiger partial charge in [-0.3, -0.25) is 4.79 Å². The molecule has 4 aliphatic carbocycles. The smallest absolute Gasteiger partial charge is 0.136 e. The Morgan fingerprint density at radius 2 is 1.60 bits per heavy atom. The maximum atomic E-state index is 13.3. The fourth-order valence-electron chi connectivity index (χ4n) is 9.06. The van der Waals surface area contributed by atoms with Crippen molar-refractivity contribution in [2.45, 2.75) is 112 Å². The number of aliphatic hydroxyl groups excluding tert-OH is 1. The number of rotatable bonds is 5. The normalized spacial score (nSPS) is 48.1. The van der Waals surface area contributed by atoms with E-state index in [9.17, 15) is 9.90 Å². The first-order chi connectivity index (χ1) is 14.1. The molecule has 10 atom stereocenters. The summed E-state index contributed by atoms with van der Waals surface area (Å²) in [6, 6.07) is 0. The highest BCUT2D eigenvalue weighted by molar-refractivity contribution is 5.83. The van der Waals surface area contributed by atoms with Crippen molar-refractivity contribution in [1.82, 2.24) is 0 Å². The monoisotopic (exact) mass is 416 g/mol. The maximum absolute atomic E-state index is 13.3. The molecule has 0 radical (unpaired) electrons. The van der Waals surface area contributed by atoms with Gasteiger partial charge in [0.15, 0.2) is 0 Å². The number of aliphatic hydroxyl groups is 1. The van der Waals surface area contributed by atoms with Crippen LogP contribution in [-0.4, -0.2) is 17.0 Å². The third-order valence-electron chi connectivity index (χ3n) is 11.4. The van der Waals surface area contributed by atoms with Crippen molar-refractivity contribution in [1.29, 1.82) is 0 Å². The Morgan fingerprint density at radius 3 is 2.30 bits per heavy atom. The zero-order chi connectivity index (χ0) is 21.8. The minimum Gasteiger partial charge on any atom is -0.393 e. The summed E-state index contributed by atoms with van der Waals surface area (Å²) >= 11 is 0. The van der Waals surface area contributed by atoms with E-state index >= 15 is 0 Å². The van der Waals surface area contributed by atoms with Gasteiger partial charge in [0.2, 0.25) is 0 Å². The minimum atomic E-state index is -0.248. The molecule has 0 amide bonds. The number of Topliss-reactive ketones (excluding diaryl/α,β-unsaturated/α-hetero) is 1. The Hall–Kier alpha value is -0.370. The molecule has 0 aromatic carbocycles. The summed E-state index contributed by atoms with van der Waals surface area (Å²) in [5.74, 6) is 5.95. The Bertz CT molecular complexity index is 641. The van der Waals surface area contributed by atoms with Crippen LogP contribution in [0, 0.1) is 58.2 Å². The molecule has 4 saturated carbocycles. The summed E-state index contributed by atoms with van der Waals surface area (Å²) in [7, 11) is 0. The minimum absolute atomic E-state index is 0.125. The van der Waals surface area contributed by atoms with Crippen LogP contribution in [-0.2, 0) is 4.79 Å². The van der Waals surface area contributed by atoms with Crippen LogP contribution in [0.2, 0.25) is 0 Å². The van der Waals surface area contributed by atoms with Crippen molar-refractivity contribution in [2.24, 2.45) is 58.2 Å². The molecule has 4 fully saturated rings. The molecule has 2 heteroatoms. The van der Waals surface area contributed by atoms with Crippen molar-refractivity contribution < 1.29 is 9.90 Å². The molecule has 1 N–H and O–H groups in total. The summed E-state index contributed by atoms with van der Waals surface area (Å²) in [6.45, 7) is 14.7. The Balaban J connectivity index is 1.50. The summed E-state index contributed by atoms with van der Waals surface area (Å²) < 4.78 is 0. The van der Waals surface area contributed by atoms with E-state index in [1.165, 1.54) is 38.5 Å². The Kier molecular flexibility index (Phi) is 6.23. The third-order valence-corrected chi connectivity index (χ3v) is 11.4. The molecule has 0 unspecified atom stereocenters. The molecular weight excluding hydrogens is 368 g/mol. The molecule has 2 nitrogen and oxygen atoms in total. The van der Waals surface area contributed by atoms with Crippen molar-refractivity contribution in [3.63, 3.8) is 0 Å². The standard InChI is InChI=1S/C28H48O2/c1-17(2)18(3)7-8-19(4)22-9-10-23-21-16-26(30)25-15-20(29)11-13-28(25,6)24(21)12-14-27(22,23)5/h17-25,29H,7-16H2,1-6H3/t18-,19+,20-,21-,22+,23-,24-,25+,27+,28+/m0/s1. The SMILES string of the molecule is CC(C)[C@@H](C)CC[C@@H](C)[C@H]1CC[C@H]2[C@@H]3CC(=O)[C@H]4C[C@@H](O)CC[C@]4(C)[C@H]3CC[C@]12C. The molecule has 30 heavy (non-hydrogen) atoms. The fraction of sp³-hybridized carbons (Fsp3) is 0.964. The molecule has 0 aliphatic heterocycles. The van der Waals surface area contributed by atoms with E-state index in [-0.39, 0.29) is 17.4 Å². The van der Waals surface area contributed by atoms with Crippen molar-refractivity contribution in [2.75, 3.05) is 0 Å². The van der Waals surface area contributed by atoms with Gasteiger partial charge >= 0.3 is 0 Å². The summed E-state index contributed by atoms with van der Waals surface area (Å²) in [6.07, 6.45) is 11.4. The molecule has 4 rings (SSSR count). The van der Waals surface area contributed by atoms with E-state index in [0.717, 1.165) is 55.3 Å². The van der Waals surface area contributed by atoms with Crippen LogP contribution in [0.25, 0.3) is 0 Å². The van der Waals surface area contributed by atoms with Crippen LogP contribution in [0.5, 0.6) is 0 Å².